The minimum absolute atomic E-state index is 0.0271. The minimum Gasteiger partial charge on any atom is -0.321 e. The molecule has 0 fully saturated rings. The van der Waals surface area contributed by atoms with Crippen molar-refractivity contribution in [1.82, 2.24) is 0 Å². The summed E-state index contributed by atoms with van der Waals surface area (Å²) in [5.41, 5.74) is 6.70. The first kappa shape index (κ1) is 15.0. The smallest absolute Gasteiger partial charge is 0.255 e. The SMILES string of the molecule is NCC#Cc1ccccc1NC(=O)c1ccc(Cl)c(F)c1. The van der Waals surface area contributed by atoms with Gasteiger partial charge in [-0.2, -0.15) is 0 Å². The van der Waals surface area contributed by atoms with E-state index in [2.05, 4.69) is 17.2 Å². The second-order valence-corrected chi connectivity index (χ2v) is 4.54. The van der Waals surface area contributed by atoms with Crippen molar-refractivity contribution in [3.63, 3.8) is 0 Å². The fourth-order valence-corrected chi connectivity index (χ4v) is 1.80. The van der Waals surface area contributed by atoms with E-state index in [1.165, 1.54) is 12.1 Å². The van der Waals surface area contributed by atoms with Gasteiger partial charge in [0, 0.05) is 11.1 Å². The fourth-order valence-electron chi connectivity index (χ4n) is 1.68. The molecule has 3 N–H and O–H groups in total. The Kier molecular flexibility index (Phi) is 4.94. The Morgan fingerprint density at radius 1 is 1.29 bits per heavy atom. The number of rotatable bonds is 2. The standard InChI is InChI=1S/C16H12ClFN2O/c17-13-8-7-12(10-14(13)18)16(21)20-15-6-2-1-4-11(15)5-3-9-19/h1-2,4,6-8,10H,9,19H2,(H,20,21). The third kappa shape index (κ3) is 3.82. The number of hydrogen-bond donors (Lipinski definition) is 2. The summed E-state index contributed by atoms with van der Waals surface area (Å²) in [4.78, 5) is 12.1. The molecule has 2 aromatic carbocycles. The van der Waals surface area contributed by atoms with Gasteiger partial charge < -0.3 is 11.1 Å². The van der Waals surface area contributed by atoms with Crippen LogP contribution >= 0.6 is 11.6 Å². The molecule has 0 heterocycles. The molecule has 0 radical (unpaired) electrons. The van der Waals surface area contributed by atoms with E-state index in [9.17, 15) is 9.18 Å². The lowest BCUT2D eigenvalue weighted by molar-refractivity contribution is 0.102. The first-order valence-electron chi connectivity index (χ1n) is 6.16. The number of benzene rings is 2. The Hall–Kier alpha value is -2.35. The number of para-hydroxylation sites is 1. The summed E-state index contributed by atoms with van der Waals surface area (Å²) in [5.74, 6) is 4.51. The van der Waals surface area contributed by atoms with Crippen molar-refractivity contribution in [3.8, 4) is 11.8 Å². The van der Waals surface area contributed by atoms with Gasteiger partial charge in [0.1, 0.15) is 5.82 Å². The molecular formula is C16H12ClFN2O. The van der Waals surface area contributed by atoms with Crippen molar-refractivity contribution in [2.45, 2.75) is 0 Å². The molecule has 0 spiro atoms. The number of anilines is 1. The van der Waals surface area contributed by atoms with Crippen molar-refractivity contribution in [2.75, 3.05) is 11.9 Å². The first-order valence-corrected chi connectivity index (χ1v) is 6.54. The van der Waals surface area contributed by atoms with Crippen molar-refractivity contribution < 1.29 is 9.18 Å². The van der Waals surface area contributed by atoms with E-state index in [4.69, 9.17) is 17.3 Å². The van der Waals surface area contributed by atoms with Crippen LogP contribution in [0.4, 0.5) is 10.1 Å². The van der Waals surface area contributed by atoms with Gasteiger partial charge in [-0.05, 0) is 30.3 Å². The van der Waals surface area contributed by atoms with Crippen LogP contribution in [0, 0.1) is 17.7 Å². The third-order valence-electron chi connectivity index (χ3n) is 2.68. The average molecular weight is 303 g/mol. The van der Waals surface area contributed by atoms with Gasteiger partial charge in [0.25, 0.3) is 5.91 Å². The summed E-state index contributed by atoms with van der Waals surface area (Å²) in [5, 5.41) is 2.66. The van der Waals surface area contributed by atoms with E-state index < -0.39 is 11.7 Å². The summed E-state index contributed by atoms with van der Waals surface area (Å²) in [7, 11) is 0. The van der Waals surface area contributed by atoms with E-state index in [1.807, 2.05) is 0 Å². The third-order valence-corrected chi connectivity index (χ3v) is 2.99. The summed E-state index contributed by atoms with van der Waals surface area (Å²) >= 11 is 5.59. The van der Waals surface area contributed by atoms with Crippen LogP contribution in [0.5, 0.6) is 0 Å². The number of carbonyl (C=O) groups excluding carboxylic acids is 1. The molecule has 0 aromatic heterocycles. The lowest BCUT2D eigenvalue weighted by Gasteiger charge is -2.08. The zero-order valence-electron chi connectivity index (χ0n) is 11.0. The monoisotopic (exact) mass is 302 g/mol. The lowest BCUT2D eigenvalue weighted by atomic mass is 10.1. The molecule has 2 rings (SSSR count). The van der Waals surface area contributed by atoms with Gasteiger partial charge in [-0.25, -0.2) is 4.39 Å². The number of amides is 1. The Morgan fingerprint density at radius 2 is 2.05 bits per heavy atom. The summed E-state index contributed by atoms with van der Waals surface area (Å²) in [6.45, 7) is 0.227. The second-order valence-electron chi connectivity index (χ2n) is 4.13. The molecule has 106 valence electrons. The number of hydrogen-bond acceptors (Lipinski definition) is 2. The zero-order valence-corrected chi connectivity index (χ0v) is 11.7. The normalized spacial score (nSPS) is 9.67. The Bertz CT molecular complexity index is 735. The fraction of sp³-hybridized carbons (Fsp3) is 0.0625. The predicted molar refractivity (Wildman–Crippen MR) is 81.7 cm³/mol. The van der Waals surface area contributed by atoms with Crippen LogP contribution in [0.2, 0.25) is 5.02 Å². The molecule has 0 aliphatic rings. The van der Waals surface area contributed by atoms with Gasteiger partial charge in [0.05, 0.1) is 17.3 Å². The molecule has 5 heteroatoms. The average Bonchev–Trinajstić information content (AvgIpc) is 2.49. The van der Waals surface area contributed by atoms with Crippen LogP contribution in [0.1, 0.15) is 15.9 Å². The molecule has 0 saturated heterocycles. The molecule has 0 aliphatic carbocycles. The molecule has 0 aliphatic heterocycles. The Balaban J connectivity index is 2.25. The van der Waals surface area contributed by atoms with E-state index >= 15 is 0 Å². The maximum atomic E-state index is 13.4. The van der Waals surface area contributed by atoms with Crippen molar-refractivity contribution >= 4 is 23.2 Å². The van der Waals surface area contributed by atoms with Gasteiger partial charge in [-0.3, -0.25) is 4.79 Å². The van der Waals surface area contributed by atoms with Crippen molar-refractivity contribution in [3.05, 3.63) is 64.4 Å². The minimum atomic E-state index is -0.638. The Labute approximate surface area is 126 Å². The highest BCUT2D eigenvalue weighted by atomic mass is 35.5. The number of nitrogens with one attached hydrogen (secondary N) is 1. The molecular weight excluding hydrogens is 291 g/mol. The maximum Gasteiger partial charge on any atom is 0.255 e. The summed E-state index contributed by atoms with van der Waals surface area (Å²) < 4.78 is 13.4. The number of nitrogens with two attached hydrogens (primary N) is 1. The van der Waals surface area contributed by atoms with Crippen LogP contribution < -0.4 is 11.1 Å². The largest absolute Gasteiger partial charge is 0.321 e. The van der Waals surface area contributed by atoms with Crippen LogP contribution in [0.3, 0.4) is 0 Å². The molecule has 0 bridgehead atoms. The molecule has 21 heavy (non-hydrogen) atoms. The van der Waals surface area contributed by atoms with Gasteiger partial charge in [-0.15, -0.1) is 0 Å². The quantitative estimate of drug-likeness (QED) is 0.838. The van der Waals surface area contributed by atoms with Gasteiger partial charge in [-0.1, -0.05) is 35.6 Å². The highest BCUT2D eigenvalue weighted by Crippen LogP contribution is 2.18. The van der Waals surface area contributed by atoms with Crippen LogP contribution in [0.25, 0.3) is 0 Å². The van der Waals surface area contributed by atoms with E-state index in [-0.39, 0.29) is 17.1 Å². The molecule has 0 atom stereocenters. The van der Waals surface area contributed by atoms with Crippen molar-refractivity contribution in [2.24, 2.45) is 5.73 Å². The van der Waals surface area contributed by atoms with Gasteiger partial charge in [0.2, 0.25) is 0 Å². The van der Waals surface area contributed by atoms with Crippen LogP contribution in [-0.2, 0) is 0 Å². The first-order chi connectivity index (χ1) is 10.1. The zero-order chi connectivity index (χ0) is 15.2. The molecule has 3 nitrogen and oxygen atoms in total. The van der Waals surface area contributed by atoms with Gasteiger partial charge >= 0.3 is 0 Å². The number of halogens is 2. The molecule has 1 amide bonds. The van der Waals surface area contributed by atoms with Crippen LogP contribution in [0.15, 0.2) is 42.5 Å². The van der Waals surface area contributed by atoms with E-state index in [0.717, 1.165) is 6.07 Å². The highest BCUT2D eigenvalue weighted by Gasteiger charge is 2.10. The van der Waals surface area contributed by atoms with Gasteiger partial charge in [0.15, 0.2) is 0 Å². The van der Waals surface area contributed by atoms with Crippen molar-refractivity contribution in [1.29, 1.82) is 0 Å². The highest BCUT2D eigenvalue weighted by molar-refractivity contribution is 6.30. The summed E-state index contributed by atoms with van der Waals surface area (Å²) in [6, 6.07) is 10.9. The van der Waals surface area contributed by atoms with E-state index in [0.29, 0.717) is 11.3 Å². The molecule has 0 saturated carbocycles. The Morgan fingerprint density at radius 3 is 2.76 bits per heavy atom. The molecule has 0 unspecified atom stereocenters. The topological polar surface area (TPSA) is 55.1 Å². The van der Waals surface area contributed by atoms with Crippen LogP contribution in [-0.4, -0.2) is 12.5 Å². The summed E-state index contributed by atoms with van der Waals surface area (Å²) in [6.07, 6.45) is 0. The number of carbonyl (C=O) groups is 1. The predicted octanol–water partition coefficient (Wildman–Crippen LogP) is 3.04. The van der Waals surface area contributed by atoms with E-state index in [1.54, 1.807) is 24.3 Å². The lowest BCUT2D eigenvalue weighted by Crippen LogP contribution is -2.13. The molecule has 2 aromatic rings. The maximum absolute atomic E-state index is 13.4. The second kappa shape index (κ2) is 6.89.